The van der Waals surface area contributed by atoms with E-state index in [9.17, 15) is 0 Å². The first-order valence-corrected chi connectivity index (χ1v) is 46.0. The van der Waals surface area contributed by atoms with E-state index in [0.717, 1.165) is 172 Å². The number of nitrogens with one attached hydrogen (secondary N) is 8. The third kappa shape index (κ3) is 41.3. The monoisotopic (exact) mass is 1560 g/mol. The molecule has 0 aliphatic carbocycles. The summed E-state index contributed by atoms with van der Waals surface area (Å²) < 4.78 is 12.9. The maximum atomic E-state index is 6.46. The van der Waals surface area contributed by atoms with E-state index in [1.807, 2.05) is 64.4 Å². The van der Waals surface area contributed by atoms with E-state index in [1.54, 1.807) is 0 Å². The second kappa shape index (κ2) is 62.5. The average Bonchev–Trinajstić information content (AvgIpc) is 0.795. The highest BCUT2D eigenvalue weighted by Gasteiger charge is 2.25. The highest BCUT2D eigenvalue weighted by Crippen LogP contribution is 2.37. The summed E-state index contributed by atoms with van der Waals surface area (Å²) in [4.78, 5) is 60.5. The fraction of sp³-hybridized carbons (Fsp3) is 0.722. The molecular formula is C90H155N21O2. The van der Waals surface area contributed by atoms with Crippen molar-refractivity contribution in [1.82, 2.24) is 54.8 Å². The molecule has 23 nitrogen and oxygen atoms in total. The van der Waals surface area contributed by atoms with Gasteiger partial charge in [-0.05, 0) is 99.9 Å². The van der Waals surface area contributed by atoms with Crippen LogP contribution in [-0.4, -0.2) is 114 Å². The molecule has 0 radical (unpaired) electrons. The van der Waals surface area contributed by atoms with Gasteiger partial charge in [-0.2, -0.15) is 54.8 Å². The molecule has 8 N–H and O–H groups in total. The van der Waals surface area contributed by atoms with Crippen LogP contribution in [0.1, 0.15) is 364 Å². The standard InChI is InChI=1S/C90H155N21O2/c1-9-17-25-33-41-49-65-91-79-73-80(100-81(99-79)92-66-50-42-34-26-18-10-2)110(88-104-82(93-67-51-43-35-27-19-11-3)101-83(105-88)94-68-52-44-36-28-20-12-4)75-57-61-77(62-58-75)112-74-113-78-63-59-76(60-64-78)111(89-106-84(95-69-53-45-37-29-21-13-5)102-85(107-89)96-70-54-46-38-30-22-14-6)90-108-86(97-71-55-47-39-31-23-15-7)103-87(109-90)98-72-56-48-40-32-24-16-8/h57-64,73H,9-56,65-72,74H2,1-8H3,(H2,91,92,99,100)(H2,93,94,101,104,105)(H2,95,96,102,106,107)(H2,97,98,103,108,109). The summed E-state index contributed by atoms with van der Waals surface area (Å²) in [6, 6.07) is 17.9. The van der Waals surface area contributed by atoms with Gasteiger partial charge in [0.25, 0.3) is 0 Å². The largest absolute Gasteiger partial charge is 0.458 e. The van der Waals surface area contributed by atoms with Crippen LogP contribution in [0.25, 0.3) is 0 Å². The Balaban J connectivity index is 1.35. The summed E-state index contributed by atoms with van der Waals surface area (Å²) in [5, 5.41) is 28.9. The number of hydrogen-bond acceptors (Lipinski definition) is 23. The third-order valence-electron chi connectivity index (χ3n) is 20.6. The normalized spacial score (nSPS) is 11.3. The van der Waals surface area contributed by atoms with Crippen molar-refractivity contribution in [3.63, 3.8) is 0 Å². The summed E-state index contributed by atoms with van der Waals surface area (Å²) >= 11 is 0. The van der Waals surface area contributed by atoms with Crippen molar-refractivity contribution in [2.75, 3.05) is 111 Å². The minimum atomic E-state index is -0.0580. The molecule has 0 spiro atoms. The average molecular weight is 1560 g/mol. The highest BCUT2D eigenvalue weighted by molar-refractivity contribution is 5.74. The zero-order valence-electron chi connectivity index (χ0n) is 72.1. The molecular weight excluding hydrogens is 1410 g/mol. The smallest absolute Gasteiger partial charge is 0.243 e. The van der Waals surface area contributed by atoms with Crippen molar-refractivity contribution < 1.29 is 9.47 Å². The summed E-state index contributed by atoms with van der Waals surface area (Å²) in [6.07, 6.45) is 57.0. The van der Waals surface area contributed by atoms with E-state index in [0.29, 0.717) is 76.8 Å². The Hall–Kier alpha value is -7.85. The number of rotatable bonds is 74. The molecule has 2 aromatic carbocycles. The summed E-state index contributed by atoms with van der Waals surface area (Å²) in [7, 11) is 0. The lowest BCUT2D eigenvalue weighted by atomic mass is 10.1. The lowest BCUT2D eigenvalue weighted by Gasteiger charge is -2.24. The molecule has 0 aliphatic rings. The van der Waals surface area contributed by atoms with E-state index in [-0.39, 0.29) is 6.79 Å². The predicted octanol–water partition coefficient (Wildman–Crippen LogP) is 25.6. The lowest BCUT2D eigenvalue weighted by Crippen LogP contribution is -2.21. The minimum Gasteiger partial charge on any atom is -0.458 e. The first kappa shape index (κ1) is 94.0. The van der Waals surface area contributed by atoms with Gasteiger partial charge in [0.1, 0.15) is 23.1 Å². The van der Waals surface area contributed by atoms with Crippen LogP contribution in [0.4, 0.5) is 82.5 Å². The van der Waals surface area contributed by atoms with Crippen molar-refractivity contribution >= 4 is 82.5 Å². The Bertz CT molecular complexity index is 2770. The number of aromatic nitrogens is 11. The summed E-state index contributed by atoms with van der Waals surface area (Å²) in [5.74, 6) is 7.36. The van der Waals surface area contributed by atoms with Crippen LogP contribution in [0.15, 0.2) is 54.6 Å². The molecule has 6 aromatic rings. The number of anilines is 14. The van der Waals surface area contributed by atoms with E-state index in [4.69, 9.17) is 64.3 Å². The maximum absolute atomic E-state index is 6.46. The molecule has 632 valence electrons. The van der Waals surface area contributed by atoms with Crippen LogP contribution in [-0.2, 0) is 0 Å². The lowest BCUT2D eigenvalue weighted by molar-refractivity contribution is 0.120. The third-order valence-corrected chi connectivity index (χ3v) is 20.6. The van der Waals surface area contributed by atoms with E-state index in [1.165, 1.54) is 205 Å². The second-order valence-electron chi connectivity index (χ2n) is 30.9. The molecule has 6 rings (SSSR count). The quantitative estimate of drug-likeness (QED) is 0.0130. The molecule has 0 bridgehead atoms. The predicted molar refractivity (Wildman–Crippen MR) is 479 cm³/mol. The molecule has 4 heterocycles. The second-order valence-corrected chi connectivity index (χ2v) is 30.9. The van der Waals surface area contributed by atoms with Crippen molar-refractivity contribution in [1.29, 1.82) is 0 Å². The van der Waals surface area contributed by atoms with Crippen LogP contribution in [0.3, 0.4) is 0 Å². The molecule has 0 aliphatic heterocycles. The fourth-order valence-electron chi connectivity index (χ4n) is 13.7. The van der Waals surface area contributed by atoms with Crippen molar-refractivity contribution in [3.8, 4) is 11.5 Å². The minimum absolute atomic E-state index is 0.0580. The van der Waals surface area contributed by atoms with Crippen LogP contribution in [0.2, 0.25) is 0 Å². The van der Waals surface area contributed by atoms with Gasteiger partial charge in [0, 0.05) is 58.4 Å². The van der Waals surface area contributed by atoms with E-state index < -0.39 is 0 Å². The molecule has 4 aromatic heterocycles. The van der Waals surface area contributed by atoms with E-state index in [2.05, 4.69) is 97.9 Å². The van der Waals surface area contributed by atoms with Gasteiger partial charge in [0.05, 0.1) is 11.4 Å². The molecule has 23 heteroatoms. The number of hydrogen-bond donors (Lipinski definition) is 8. The maximum Gasteiger partial charge on any atom is 0.243 e. The molecule has 0 saturated carbocycles. The Morgan fingerprint density at radius 3 is 0.690 bits per heavy atom. The highest BCUT2D eigenvalue weighted by atomic mass is 16.7. The molecule has 0 atom stereocenters. The molecule has 113 heavy (non-hydrogen) atoms. The molecule has 0 fully saturated rings. The van der Waals surface area contributed by atoms with Gasteiger partial charge in [-0.15, -0.1) is 0 Å². The Morgan fingerprint density at radius 1 is 0.221 bits per heavy atom. The van der Waals surface area contributed by atoms with Gasteiger partial charge in [0.2, 0.25) is 66.3 Å². The van der Waals surface area contributed by atoms with Crippen molar-refractivity contribution in [3.05, 3.63) is 54.6 Å². The van der Waals surface area contributed by atoms with Gasteiger partial charge in [0.15, 0.2) is 0 Å². The number of benzene rings is 2. The summed E-state index contributed by atoms with van der Waals surface area (Å²) in [6.45, 7) is 24.1. The number of unbranched alkanes of at least 4 members (excludes halogenated alkanes) is 40. The van der Waals surface area contributed by atoms with Gasteiger partial charge < -0.3 is 52.0 Å². The summed E-state index contributed by atoms with van der Waals surface area (Å²) in [5.41, 5.74) is 1.52. The number of ether oxygens (including phenoxy) is 2. The first-order valence-electron chi connectivity index (χ1n) is 46.0. The van der Waals surface area contributed by atoms with Crippen LogP contribution < -0.4 is 61.8 Å². The van der Waals surface area contributed by atoms with Crippen LogP contribution in [0.5, 0.6) is 11.5 Å². The molecule has 0 saturated heterocycles. The van der Waals surface area contributed by atoms with Gasteiger partial charge >= 0.3 is 0 Å². The van der Waals surface area contributed by atoms with E-state index >= 15 is 0 Å². The first-order chi connectivity index (χ1) is 55.8. The Labute approximate surface area is 684 Å². The van der Waals surface area contributed by atoms with Gasteiger partial charge in [-0.25, -0.2) is 4.90 Å². The SMILES string of the molecule is CCCCCCCCNc1cc(N(c2ccc(OCOc3ccc(N(c4nc(NCCCCCCCC)nc(NCCCCCCCC)n4)c4nc(NCCCCCCCC)nc(NCCCCCCCC)n4)cc3)cc2)c2nc(NCCCCCCCC)nc(NCCCCCCCC)n2)nc(NCCCCCCCC)n1. The van der Waals surface area contributed by atoms with Crippen molar-refractivity contribution in [2.24, 2.45) is 0 Å². The fourth-order valence-corrected chi connectivity index (χ4v) is 13.7. The Morgan fingerprint density at radius 2 is 0.434 bits per heavy atom. The zero-order chi connectivity index (χ0) is 79.9. The van der Waals surface area contributed by atoms with Gasteiger partial charge in [-0.3, -0.25) is 4.90 Å². The van der Waals surface area contributed by atoms with Crippen LogP contribution >= 0.6 is 0 Å². The topological polar surface area (TPSA) is 263 Å². The van der Waals surface area contributed by atoms with Gasteiger partial charge in [-0.1, -0.05) is 312 Å². The number of nitrogens with zero attached hydrogens (tertiary/aromatic N) is 13. The molecule has 0 unspecified atom stereocenters. The van der Waals surface area contributed by atoms with Crippen molar-refractivity contribution in [2.45, 2.75) is 364 Å². The Kier molecular flexibility index (Phi) is 52.0. The molecule has 0 amide bonds. The van der Waals surface area contributed by atoms with Crippen LogP contribution in [0, 0.1) is 0 Å². The zero-order valence-corrected chi connectivity index (χ0v) is 72.1.